The third kappa shape index (κ3) is 3.70. The van der Waals surface area contributed by atoms with E-state index in [2.05, 4.69) is 4.98 Å². The molecule has 0 N–H and O–H groups in total. The fourth-order valence-corrected chi connectivity index (χ4v) is 3.06. The molecule has 0 saturated carbocycles. The lowest BCUT2D eigenvalue weighted by molar-refractivity contribution is -0.402. The number of aromatic nitrogens is 2. The molecule has 0 radical (unpaired) electrons. The average Bonchev–Trinajstić information content (AvgIpc) is 3.23. The lowest BCUT2D eigenvalue weighted by atomic mass is 10.2. The highest BCUT2D eigenvalue weighted by molar-refractivity contribution is 5.79. The number of hydrogen-bond donors (Lipinski definition) is 0. The summed E-state index contributed by atoms with van der Waals surface area (Å²) in [7, 11) is 0. The highest BCUT2D eigenvalue weighted by atomic mass is 16.6. The van der Waals surface area contributed by atoms with Crippen molar-refractivity contribution < 1.29 is 14.1 Å². The summed E-state index contributed by atoms with van der Waals surface area (Å²) in [6.07, 6.45) is 3.13. The lowest BCUT2D eigenvalue weighted by Gasteiger charge is -2.12. The van der Waals surface area contributed by atoms with E-state index in [0.717, 1.165) is 0 Å². The van der Waals surface area contributed by atoms with Gasteiger partial charge in [-0.1, -0.05) is 12.1 Å². The molecule has 4 aromatic rings. The Morgan fingerprint density at radius 3 is 2.57 bits per heavy atom. The zero-order chi connectivity index (χ0) is 21.1. The zero-order valence-electron chi connectivity index (χ0n) is 16.0. The van der Waals surface area contributed by atoms with Crippen molar-refractivity contribution in [3.8, 4) is 11.4 Å². The Hall–Kier alpha value is -4.20. The molecule has 0 bridgehead atoms. The van der Waals surface area contributed by atoms with Crippen molar-refractivity contribution in [2.45, 2.75) is 6.92 Å². The second-order valence-electron chi connectivity index (χ2n) is 6.32. The van der Waals surface area contributed by atoms with Crippen LogP contribution in [0.4, 0.5) is 5.88 Å². The Morgan fingerprint density at radius 1 is 1.10 bits per heavy atom. The summed E-state index contributed by atoms with van der Waals surface area (Å²) in [6.45, 7) is 2.44. The Morgan fingerprint density at radius 2 is 1.87 bits per heavy atom. The van der Waals surface area contributed by atoms with Gasteiger partial charge in [0.15, 0.2) is 0 Å². The predicted octanol–water partition coefficient (Wildman–Crippen LogP) is 4.46. The second kappa shape index (κ2) is 8.04. The molecule has 0 fully saturated rings. The number of benzene rings is 2. The van der Waals surface area contributed by atoms with E-state index in [9.17, 15) is 14.9 Å². The monoisotopic (exact) mass is 403 g/mol. The van der Waals surface area contributed by atoms with Gasteiger partial charge in [-0.15, -0.1) is 0 Å². The van der Waals surface area contributed by atoms with Crippen molar-refractivity contribution in [1.82, 2.24) is 9.55 Å². The second-order valence-corrected chi connectivity index (χ2v) is 6.32. The molecule has 0 saturated heterocycles. The number of nitro groups is 1. The molecular formula is C22H17N3O5. The van der Waals surface area contributed by atoms with Gasteiger partial charge in [0, 0.05) is 0 Å². The molecular weight excluding hydrogens is 386 g/mol. The minimum Gasteiger partial charge on any atom is -0.494 e. The third-order valence-electron chi connectivity index (χ3n) is 4.40. The Balaban J connectivity index is 1.84. The van der Waals surface area contributed by atoms with Gasteiger partial charge in [-0.05, 0) is 61.5 Å². The van der Waals surface area contributed by atoms with Gasteiger partial charge in [-0.25, -0.2) is 4.98 Å². The highest BCUT2D eigenvalue weighted by Crippen LogP contribution is 2.20. The molecule has 0 atom stereocenters. The summed E-state index contributed by atoms with van der Waals surface area (Å²) >= 11 is 0. The molecule has 4 rings (SSSR count). The van der Waals surface area contributed by atoms with E-state index < -0.39 is 4.92 Å². The van der Waals surface area contributed by atoms with Crippen molar-refractivity contribution in [1.29, 1.82) is 0 Å². The molecule has 0 aliphatic rings. The minimum absolute atomic E-state index is 0.227. The number of ether oxygens (including phenoxy) is 1. The van der Waals surface area contributed by atoms with Gasteiger partial charge in [0.2, 0.25) is 0 Å². The minimum atomic E-state index is -0.610. The molecule has 0 spiro atoms. The lowest BCUT2D eigenvalue weighted by Crippen LogP contribution is -2.22. The van der Waals surface area contributed by atoms with Crippen LogP contribution in [-0.2, 0) is 0 Å². The molecule has 2 aromatic heterocycles. The first-order chi connectivity index (χ1) is 14.6. The van der Waals surface area contributed by atoms with Crippen LogP contribution in [0.1, 0.15) is 18.5 Å². The SMILES string of the molecule is CCOc1ccc(-n2c(/C=C/c3ccc([N+](=O)[O-])o3)nc3ccccc3c2=O)cc1. The summed E-state index contributed by atoms with van der Waals surface area (Å²) in [5.74, 6) is 0.984. The van der Waals surface area contributed by atoms with E-state index >= 15 is 0 Å². The number of fused-ring (bicyclic) bond motifs is 1. The Bertz CT molecular complexity index is 1300. The van der Waals surface area contributed by atoms with E-state index in [1.54, 1.807) is 54.6 Å². The van der Waals surface area contributed by atoms with Gasteiger partial charge in [0.05, 0.1) is 29.3 Å². The van der Waals surface area contributed by atoms with Crippen LogP contribution >= 0.6 is 0 Å². The first kappa shape index (κ1) is 19.1. The maximum atomic E-state index is 13.2. The van der Waals surface area contributed by atoms with Gasteiger partial charge >= 0.3 is 5.88 Å². The average molecular weight is 403 g/mol. The van der Waals surface area contributed by atoms with Crippen molar-refractivity contribution >= 4 is 28.9 Å². The molecule has 0 aliphatic carbocycles. The Labute approximate surface area is 170 Å². The number of rotatable bonds is 6. The molecule has 0 unspecified atom stereocenters. The third-order valence-corrected chi connectivity index (χ3v) is 4.40. The standard InChI is InChI=1S/C22H17N3O5/c1-2-29-16-9-7-15(8-10-16)24-20(13-11-17-12-14-21(30-17)25(27)28)23-19-6-4-3-5-18(19)22(24)26/h3-14H,2H2,1H3/b13-11+. The topological polar surface area (TPSA) is 100 Å². The van der Waals surface area contributed by atoms with E-state index in [1.807, 2.05) is 6.92 Å². The fourth-order valence-electron chi connectivity index (χ4n) is 3.06. The van der Waals surface area contributed by atoms with Crippen LogP contribution in [0.5, 0.6) is 5.75 Å². The molecule has 8 heteroatoms. The van der Waals surface area contributed by atoms with E-state index in [0.29, 0.717) is 34.8 Å². The fraction of sp³-hybridized carbons (Fsp3) is 0.0909. The summed E-state index contributed by atoms with van der Waals surface area (Å²) < 4.78 is 12.1. The van der Waals surface area contributed by atoms with Crippen LogP contribution in [0.15, 0.2) is 69.9 Å². The van der Waals surface area contributed by atoms with E-state index in [4.69, 9.17) is 9.15 Å². The molecule has 0 amide bonds. The number of nitrogens with zero attached hydrogens (tertiary/aromatic N) is 3. The van der Waals surface area contributed by atoms with Crippen LogP contribution in [0.3, 0.4) is 0 Å². The zero-order valence-corrected chi connectivity index (χ0v) is 16.0. The quantitative estimate of drug-likeness (QED) is 0.348. The number of para-hydroxylation sites is 1. The number of furan rings is 1. The molecule has 30 heavy (non-hydrogen) atoms. The van der Waals surface area contributed by atoms with Crippen molar-refractivity contribution in [3.63, 3.8) is 0 Å². The van der Waals surface area contributed by atoms with Gasteiger partial charge in [-0.2, -0.15) is 0 Å². The first-order valence-corrected chi connectivity index (χ1v) is 9.24. The van der Waals surface area contributed by atoms with Gasteiger partial charge in [0.25, 0.3) is 5.56 Å². The molecule has 0 aliphatic heterocycles. The highest BCUT2D eigenvalue weighted by Gasteiger charge is 2.13. The van der Waals surface area contributed by atoms with Crippen LogP contribution in [0, 0.1) is 10.1 Å². The van der Waals surface area contributed by atoms with Gasteiger partial charge in [0.1, 0.15) is 22.3 Å². The normalized spacial score (nSPS) is 11.2. The van der Waals surface area contributed by atoms with Crippen LogP contribution in [0.25, 0.3) is 28.7 Å². The number of hydrogen-bond acceptors (Lipinski definition) is 6. The Kier molecular flexibility index (Phi) is 5.13. The molecule has 2 aromatic carbocycles. The molecule has 8 nitrogen and oxygen atoms in total. The smallest absolute Gasteiger partial charge is 0.433 e. The van der Waals surface area contributed by atoms with E-state index in [-0.39, 0.29) is 17.2 Å². The van der Waals surface area contributed by atoms with Crippen molar-refractivity contribution in [3.05, 3.63) is 92.7 Å². The van der Waals surface area contributed by atoms with Crippen molar-refractivity contribution in [2.24, 2.45) is 0 Å². The first-order valence-electron chi connectivity index (χ1n) is 9.24. The maximum Gasteiger partial charge on any atom is 0.433 e. The van der Waals surface area contributed by atoms with Crippen LogP contribution in [0.2, 0.25) is 0 Å². The molecule has 150 valence electrons. The molecule has 2 heterocycles. The maximum absolute atomic E-state index is 13.2. The summed E-state index contributed by atoms with van der Waals surface area (Å²) in [5.41, 5.74) is 0.941. The summed E-state index contributed by atoms with van der Waals surface area (Å²) in [6, 6.07) is 16.9. The van der Waals surface area contributed by atoms with Crippen LogP contribution < -0.4 is 10.3 Å². The largest absolute Gasteiger partial charge is 0.494 e. The van der Waals surface area contributed by atoms with E-state index in [1.165, 1.54) is 22.8 Å². The van der Waals surface area contributed by atoms with Gasteiger partial charge in [-0.3, -0.25) is 19.5 Å². The van der Waals surface area contributed by atoms with Gasteiger partial charge < -0.3 is 9.15 Å². The summed E-state index contributed by atoms with van der Waals surface area (Å²) in [4.78, 5) is 28.0. The predicted molar refractivity (Wildman–Crippen MR) is 113 cm³/mol. The van der Waals surface area contributed by atoms with Crippen molar-refractivity contribution in [2.75, 3.05) is 6.61 Å². The summed E-state index contributed by atoms with van der Waals surface area (Å²) in [5, 5.41) is 11.3. The van der Waals surface area contributed by atoms with Crippen LogP contribution in [-0.4, -0.2) is 21.1 Å².